The van der Waals surface area contributed by atoms with Gasteiger partial charge in [-0.3, -0.25) is 4.79 Å². The van der Waals surface area contributed by atoms with E-state index >= 15 is 0 Å². The molecule has 4 rings (SSSR count). The number of amides is 1. The molecule has 1 amide bonds. The minimum absolute atomic E-state index is 0.178. The van der Waals surface area contributed by atoms with Crippen LogP contribution in [0.3, 0.4) is 0 Å². The van der Waals surface area contributed by atoms with Crippen molar-refractivity contribution in [2.45, 2.75) is 30.6 Å². The highest BCUT2D eigenvalue weighted by Gasteiger charge is 2.32. The largest absolute Gasteiger partial charge is 0.495 e. The molecule has 1 aromatic carbocycles. The van der Waals surface area contributed by atoms with Crippen LogP contribution >= 0.6 is 0 Å². The SMILES string of the molecule is COc1cccc2c1N(C(=O)c1cc(S(=O)(=O)N3CCCC3)cn1C)CCC2. The van der Waals surface area contributed by atoms with Crippen LogP contribution in [0.15, 0.2) is 35.4 Å². The second kappa shape index (κ2) is 7.25. The van der Waals surface area contributed by atoms with Gasteiger partial charge in [-0.15, -0.1) is 0 Å². The number of nitrogens with zero attached hydrogens (tertiary/aromatic N) is 3. The minimum atomic E-state index is -3.56. The first-order chi connectivity index (χ1) is 13.4. The first-order valence-corrected chi connectivity index (χ1v) is 11.0. The van der Waals surface area contributed by atoms with Gasteiger partial charge in [0.2, 0.25) is 10.0 Å². The number of rotatable bonds is 4. The first-order valence-electron chi connectivity index (χ1n) is 9.58. The Labute approximate surface area is 165 Å². The number of methoxy groups -OCH3 is 1. The third kappa shape index (κ3) is 3.10. The van der Waals surface area contributed by atoms with Crippen LogP contribution < -0.4 is 9.64 Å². The van der Waals surface area contributed by atoms with E-state index in [0.29, 0.717) is 31.1 Å². The zero-order chi connectivity index (χ0) is 19.9. The van der Waals surface area contributed by atoms with Crippen LogP contribution in [0.1, 0.15) is 35.3 Å². The molecule has 0 atom stereocenters. The van der Waals surface area contributed by atoms with E-state index in [0.717, 1.165) is 36.9 Å². The van der Waals surface area contributed by atoms with Crippen molar-refractivity contribution in [3.05, 3.63) is 41.7 Å². The van der Waals surface area contributed by atoms with Gasteiger partial charge in [-0.05, 0) is 43.4 Å². The fourth-order valence-corrected chi connectivity index (χ4v) is 5.68. The molecule has 0 bridgehead atoms. The lowest BCUT2D eigenvalue weighted by Gasteiger charge is -2.31. The van der Waals surface area contributed by atoms with Crippen molar-refractivity contribution in [3.8, 4) is 5.75 Å². The summed E-state index contributed by atoms with van der Waals surface area (Å²) in [5.74, 6) is 0.445. The number of fused-ring (bicyclic) bond motifs is 1. The molecule has 3 heterocycles. The maximum atomic E-state index is 13.4. The maximum Gasteiger partial charge on any atom is 0.275 e. The molecule has 2 aliphatic rings. The molecule has 1 fully saturated rings. The molecule has 0 radical (unpaired) electrons. The van der Waals surface area contributed by atoms with Crippen molar-refractivity contribution in [2.75, 3.05) is 31.6 Å². The van der Waals surface area contributed by atoms with Crippen molar-refractivity contribution < 1.29 is 17.9 Å². The van der Waals surface area contributed by atoms with Crippen molar-refractivity contribution >= 4 is 21.6 Å². The Hall–Kier alpha value is -2.32. The normalized spacial score (nSPS) is 17.6. The van der Waals surface area contributed by atoms with Crippen LogP contribution in [0.25, 0.3) is 0 Å². The molecular weight excluding hydrogens is 378 g/mol. The van der Waals surface area contributed by atoms with Crippen molar-refractivity contribution in [1.29, 1.82) is 0 Å². The van der Waals surface area contributed by atoms with E-state index in [9.17, 15) is 13.2 Å². The molecule has 0 spiro atoms. The maximum absolute atomic E-state index is 13.4. The number of ether oxygens (including phenoxy) is 1. The molecule has 150 valence electrons. The van der Waals surface area contributed by atoms with Crippen LogP contribution in [0.2, 0.25) is 0 Å². The number of sulfonamides is 1. The standard InChI is InChI=1S/C20H25N3O4S/c1-21-14-16(28(25,26)22-10-3-4-11-22)13-17(21)20(24)23-12-6-8-15-7-5-9-18(27-2)19(15)23/h5,7,9,13-14H,3-4,6,8,10-12H2,1-2H3. The lowest BCUT2D eigenvalue weighted by atomic mass is 10.0. The van der Waals surface area contributed by atoms with Crippen molar-refractivity contribution in [3.63, 3.8) is 0 Å². The fourth-order valence-electron chi connectivity index (χ4n) is 4.09. The number of hydrogen-bond donors (Lipinski definition) is 0. The molecular formula is C20H25N3O4S. The summed E-state index contributed by atoms with van der Waals surface area (Å²) in [6, 6.07) is 7.28. The summed E-state index contributed by atoms with van der Waals surface area (Å²) >= 11 is 0. The smallest absolute Gasteiger partial charge is 0.275 e. The van der Waals surface area contributed by atoms with Gasteiger partial charge in [0.15, 0.2) is 0 Å². The number of benzene rings is 1. The number of para-hydroxylation sites is 1. The highest BCUT2D eigenvalue weighted by atomic mass is 32.2. The van der Waals surface area contributed by atoms with E-state index in [4.69, 9.17) is 4.74 Å². The molecule has 1 saturated heterocycles. The van der Waals surface area contributed by atoms with Crippen molar-refractivity contribution in [1.82, 2.24) is 8.87 Å². The third-order valence-corrected chi connectivity index (χ3v) is 7.41. The Balaban J connectivity index is 1.70. The average molecular weight is 404 g/mol. The zero-order valence-electron chi connectivity index (χ0n) is 16.2. The summed E-state index contributed by atoms with van der Waals surface area (Å²) in [6.45, 7) is 1.65. The van der Waals surface area contributed by atoms with Gasteiger partial charge in [0.25, 0.3) is 5.91 Å². The molecule has 0 saturated carbocycles. The second-order valence-corrected chi connectivity index (χ2v) is 9.25. The van der Waals surface area contributed by atoms with Gasteiger partial charge >= 0.3 is 0 Å². The average Bonchev–Trinajstić information content (AvgIpc) is 3.37. The number of aromatic nitrogens is 1. The number of carbonyl (C=O) groups excluding carboxylic acids is 1. The lowest BCUT2D eigenvalue weighted by molar-refractivity contribution is 0.0976. The quantitative estimate of drug-likeness (QED) is 0.786. The predicted molar refractivity (Wildman–Crippen MR) is 106 cm³/mol. The third-order valence-electron chi connectivity index (χ3n) is 5.55. The topological polar surface area (TPSA) is 71.8 Å². The molecule has 2 aliphatic heterocycles. The summed E-state index contributed by atoms with van der Waals surface area (Å²) < 4.78 is 34.3. The second-order valence-electron chi connectivity index (χ2n) is 7.31. The van der Waals surface area contributed by atoms with Gasteiger partial charge in [0.05, 0.1) is 12.8 Å². The Bertz CT molecular complexity index is 992. The summed E-state index contributed by atoms with van der Waals surface area (Å²) in [5.41, 5.74) is 2.21. The van der Waals surface area contributed by atoms with Crippen LogP contribution in [0.4, 0.5) is 5.69 Å². The van der Waals surface area contributed by atoms with Crippen LogP contribution in [-0.4, -0.2) is 49.9 Å². The van der Waals surface area contributed by atoms with Crippen molar-refractivity contribution in [2.24, 2.45) is 7.05 Å². The highest BCUT2D eigenvalue weighted by Crippen LogP contribution is 2.37. The summed E-state index contributed by atoms with van der Waals surface area (Å²) in [4.78, 5) is 15.2. The Morgan fingerprint density at radius 1 is 1.11 bits per heavy atom. The van der Waals surface area contributed by atoms with E-state index in [1.54, 1.807) is 23.6 Å². The van der Waals surface area contributed by atoms with Crippen LogP contribution in [-0.2, 0) is 23.5 Å². The number of aryl methyl sites for hydroxylation is 2. The van der Waals surface area contributed by atoms with Crippen LogP contribution in [0, 0.1) is 0 Å². The van der Waals surface area contributed by atoms with E-state index in [-0.39, 0.29) is 10.8 Å². The Kier molecular flexibility index (Phi) is 4.93. The highest BCUT2D eigenvalue weighted by molar-refractivity contribution is 7.89. The summed E-state index contributed by atoms with van der Waals surface area (Å²) in [6.07, 6.45) is 5.03. The van der Waals surface area contributed by atoms with Gasteiger partial charge in [0, 0.05) is 32.9 Å². The van der Waals surface area contributed by atoms with Gasteiger partial charge in [-0.1, -0.05) is 12.1 Å². The van der Waals surface area contributed by atoms with E-state index in [1.165, 1.54) is 16.6 Å². The van der Waals surface area contributed by atoms with Gasteiger partial charge in [-0.25, -0.2) is 8.42 Å². The molecule has 0 aliphatic carbocycles. The fraction of sp³-hybridized carbons (Fsp3) is 0.450. The van der Waals surface area contributed by atoms with Gasteiger partial charge < -0.3 is 14.2 Å². The molecule has 7 nitrogen and oxygen atoms in total. The van der Waals surface area contributed by atoms with E-state index in [2.05, 4.69) is 0 Å². The van der Waals surface area contributed by atoms with Gasteiger partial charge in [-0.2, -0.15) is 4.31 Å². The molecule has 2 aromatic rings. The molecule has 0 N–H and O–H groups in total. The van der Waals surface area contributed by atoms with Crippen LogP contribution in [0.5, 0.6) is 5.75 Å². The number of anilines is 1. The number of carbonyl (C=O) groups is 1. The summed E-state index contributed by atoms with van der Waals surface area (Å²) in [5, 5.41) is 0. The number of hydrogen-bond acceptors (Lipinski definition) is 4. The molecule has 0 unspecified atom stereocenters. The Morgan fingerprint density at radius 2 is 1.86 bits per heavy atom. The molecule has 1 aromatic heterocycles. The first kappa shape index (κ1) is 19.0. The minimum Gasteiger partial charge on any atom is -0.495 e. The van der Waals surface area contributed by atoms with Gasteiger partial charge in [0.1, 0.15) is 16.3 Å². The molecule has 8 heteroatoms. The summed E-state index contributed by atoms with van der Waals surface area (Å²) in [7, 11) is -0.256. The van der Waals surface area contributed by atoms with E-state index < -0.39 is 10.0 Å². The monoisotopic (exact) mass is 403 g/mol. The van der Waals surface area contributed by atoms with E-state index in [1.807, 2.05) is 18.2 Å². The predicted octanol–water partition coefficient (Wildman–Crippen LogP) is 2.41. The zero-order valence-corrected chi connectivity index (χ0v) is 17.0. The lowest BCUT2D eigenvalue weighted by Crippen LogP contribution is -2.36. The Morgan fingerprint density at radius 3 is 2.57 bits per heavy atom. The molecule has 28 heavy (non-hydrogen) atoms.